The van der Waals surface area contributed by atoms with Gasteiger partial charge in [0.05, 0.1) is 12.8 Å². The maximum atomic E-state index is 10.8. The van der Waals surface area contributed by atoms with Gasteiger partial charge in [-0.1, -0.05) is 14.4 Å². The van der Waals surface area contributed by atoms with Gasteiger partial charge in [0.15, 0.2) is 0 Å². The van der Waals surface area contributed by atoms with Crippen molar-refractivity contribution in [1.82, 2.24) is 0 Å². The van der Waals surface area contributed by atoms with E-state index in [-0.39, 0.29) is 37.6 Å². The monoisotopic (exact) mass is 172 g/mol. The highest BCUT2D eigenvalue weighted by molar-refractivity contribution is 6.06. The van der Waals surface area contributed by atoms with E-state index in [1.165, 1.54) is 6.92 Å². The quantitative estimate of drug-likeness (QED) is 0.591. The molecule has 0 aliphatic heterocycles. The van der Waals surface area contributed by atoms with Crippen molar-refractivity contribution in [1.29, 1.82) is 0 Å². The first-order valence-electron chi connectivity index (χ1n) is 3.59. The molecule has 0 N–H and O–H groups in total. The lowest BCUT2D eigenvalue weighted by Gasteiger charge is -1.93. The average molecular weight is 172 g/mol. The third-order valence-corrected chi connectivity index (χ3v) is 1.23. The van der Waals surface area contributed by atoms with Crippen molar-refractivity contribution in [3.63, 3.8) is 0 Å². The van der Waals surface area contributed by atoms with Crippen molar-refractivity contribution in [2.24, 2.45) is 0 Å². The van der Waals surface area contributed by atoms with E-state index in [1.54, 1.807) is 6.92 Å². The van der Waals surface area contributed by atoms with Gasteiger partial charge in [0.1, 0.15) is 17.3 Å². The number of hydrogen-bond acceptors (Lipinski definition) is 3. The van der Waals surface area contributed by atoms with E-state index in [9.17, 15) is 14.4 Å². The molecule has 0 radical (unpaired) electrons. The normalized spacial score (nSPS) is 8.50. The predicted octanol–water partition coefficient (Wildman–Crippen LogP) is 1.54. The highest BCUT2D eigenvalue weighted by Crippen LogP contribution is 1.95. The smallest absolute Gasteiger partial charge is 0.147 e. The van der Waals surface area contributed by atoms with E-state index < -0.39 is 0 Å². The zero-order chi connectivity index (χ0) is 8.85. The van der Waals surface area contributed by atoms with Gasteiger partial charge in [0, 0.05) is 6.42 Å². The molecule has 0 bridgehead atoms. The molecular formula is C9H16O3. The van der Waals surface area contributed by atoms with Crippen LogP contribution >= 0.6 is 0 Å². The summed E-state index contributed by atoms with van der Waals surface area (Å²) in [6.45, 7) is 3.04. The van der Waals surface area contributed by atoms with Gasteiger partial charge in [-0.2, -0.15) is 0 Å². The van der Waals surface area contributed by atoms with Crippen LogP contribution in [0.3, 0.4) is 0 Å². The minimum absolute atomic E-state index is 0. The Morgan fingerprint density at radius 1 is 1.00 bits per heavy atom. The zero-order valence-electron chi connectivity index (χ0n) is 6.85. The van der Waals surface area contributed by atoms with Crippen LogP contribution in [0.1, 0.15) is 40.5 Å². The molecule has 0 fully saturated rings. The number of Topliss-reactive ketones (excluding diaryl/α,β-unsaturated/α-hetero) is 3. The molecule has 0 saturated carbocycles. The minimum Gasteiger partial charge on any atom is -0.300 e. The van der Waals surface area contributed by atoms with E-state index >= 15 is 0 Å². The molecule has 0 aliphatic rings. The summed E-state index contributed by atoms with van der Waals surface area (Å²) in [5, 5.41) is 0. The van der Waals surface area contributed by atoms with Gasteiger partial charge in [0.2, 0.25) is 0 Å². The van der Waals surface area contributed by atoms with Gasteiger partial charge >= 0.3 is 0 Å². The van der Waals surface area contributed by atoms with E-state index in [0.29, 0.717) is 6.42 Å². The van der Waals surface area contributed by atoms with Crippen LogP contribution in [-0.4, -0.2) is 17.3 Å². The molecule has 70 valence electrons. The third-order valence-electron chi connectivity index (χ3n) is 1.23. The van der Waals surface area contributed by atoms with Crippen molar-refractivity contribution >= 4 is 17.3 Å². The Morgan fingerprint density at radius 3 is 1.83 bits per heavy atom. The average Bonchev–Trinajstić information content (AvgIpc) is 1.85. The van der Waals surface area contributed by atoms with Gasteiger partial charge in [0.25, 0.3) is 0 Å². The molecule has 12 heavy (non-hydrogen) atoms. The first kappa shape index (κ1) is 13.6. The van der Waals surface area contributed by atoms with Crippen molar-refractivity contribution in [3.8, 4) is 0 Å². The molecule has 3 nitrogen and oxygen atoms in total. The first-order chi connectivity index (χ1) is 5.06. The Bertz CT molecular complexity index is 182. The Hall–Kier alpha value is -0.990. The predicted molar refractivity (Wildman–Crippen MR) is 47.0 cm³/mol. The van der Waals surface area contributed by atoms with Crippen molar-refractivity contribution in [3.05, 3.63) is 0 Å². The van der Waals surface area contributed by atoms with Crippen LogP contribution in [-0.2, 0) is 14.4 Å². The number of rotatable bonds is 5. The number of carbonyl (C=O) groups is 3. The van der Waals surface area contributed by atoms with Gasteiger partial charge in [-0.15, -0.1) is 0 Å². The van der Waals surface area contributed by atoms with Gasteiger partial charge < -0.3 is 0 Å². The second-order valence-corrected chi connectivity index (χ2v) is 2.49. The summed E-state index contributed by atoms with van der Waals surface area (Å²) in [5.41, 5.74) is 0. The van der Waals surface area contributed by atoms with Crippen molar-refractivity contribution < 1.29 is 14.4 Å². The molecule has 0 amide bonds. The molecule has 0 spiro atoms. The lowest BCUT2D eigenvalue weighted by molar-refractivity contribution is -0.129. The molecule has 0 aromatic heterocycles. The maximum absolute atomic E-state index is 10.8. The molecule has 0 heterocycles. The summed E-state index contributed by atoms with van der Waals surface area (Å²) in [6.07, 6.45) is 0.172. The van der Waals surface area contributed by atoms with Gasteiger partial charge in [-0.25, -0.2) is 0 Å². The van der Waals surface area contributed by atoms with E-state index in [4.69, 9.17) is 0 Å². The largest absolute Gasteiger partial charge is 0.300 e. The van der Waals surface area contributed by atoms with Crippen LogP contribution in [0.15, 0.2) is 0 Å². The fourth-order valence-electron chi connectivity index (χ4n) is 0.685. The van der Waals surface area contributed by atoms with Crippen LogP contribution in [0.5, 0.6) is 0 Å². The molecule has 0 aromatic carbocycles. The fourth-order valence-corrected chi connectivity index (χ4v) is 0.685. The molecule has 0 atom stereocenters. The summed E-state index contributed by atoms with van der Waals surface area (Å²) >= 11 is 0. The lowest BCUT2D eigenvalue weighted by atomic mass is 10.1. The topological polar surface area (TPSA) is 51.2 Å². The standard InChI is InChI=1S/C8H12O3.CH4/c1-3-7(10)5-8(11)4-6(2)9;/h3-5H2,1-2H3;1H4. The van der Waals surface area contributed by atoms with Gasteiger partial charge in [-0.05, 0) is 6.92 Å². The Morgan fingerprint density at radius 2 is 1.50 bits per heavy atom. The molecule has 0 rings (SSSR count). The molecule has 0 aliphatic carbocycles. The highest BCUT2D eigenvalue weighted by Gasteiger charge is 2.08. The molecule has 0 aromatic rings. The Kier molecular flexibility index (Phi) is 7.59. The molecule has 0 unspecified atom stereocenters. The third kappa shape index (κ3) is 7.12. The number of carbonyl (C=O) groups excluding carboxylic acids is 3. The Balaban J connectivity index is 0. The van der Waals surface area contributed by atoms with Crippen molar-refractivity contribution in [2.45, 2.75) is 40.5 Å². The number of hydrogen-bond donors (Lipinski definition) is 0. The Labute approximate surface area is 73.1 Å². The zero-order valence-corrected chi connectivity index (χ0v) is 6.85. The fraction of sp³-hybridized carbons (Fsp3) is 0.667. The maximum Gasteiger partial charge on any atom is 0.147 e. The van der Waals surface area contributed by atoms with Crippen LogP contribution < -0.4 is 0 Å². The summed E-state index contributed by atoms with van der Waals surface area (Å²) in [6, 6.07) is 0. The van der Waals surface area contributed by atoms with Crippen LogP contribution in [0.4, 0.5) is 0 Å². The summed E-state index contributed by atoms with van der Waals surface area (Å²) in [4.78, 5) is 31.8. The molecule has 0 saturated heterocycles. The lowest BCUT2D eigenvalue weighted by Crippen LogP contribution is -2.09. The molecule has 3 heteroatoms. The number of ketones is 3. The van der Waals surface area contributed by atoms with E-state index in [2.05, 4.69) is 0 Å². The van der Waals surface area contributed by atoms with E-state index in [0.717, 1.165) is 0 Å². The van der Waals surface area contributed by atoms with Crippen LogP contribution in [0.2, 0.25) is 0 Å². The van der Waals surface area contributed by atoms with Crippen LogP contribution in [0.25, 0.3) is 0 Å². The van der Waals surface area contributed by atoms with Gasteiger partial charge in [-0.3, -0.25) is 14.4 Å². The summed E-state index contributed by atoms with van der Waals surface area (Å²) in [7, 11) is 0. The SMILES string of the molecule is C.CCC(=O)CC(=O)CC(C)=O. The highest BCUT2D eigenvalue weighted by atomic mass is 16.2. The minimum atomic E-state index is -0.274. The summed E-state index contributed by atoms with van der Waals surface area (Å²) < 4.78 is 0. The van der Waals surface area contributed by atoms with E-state index in [1.807, 2.05) is 0 Å². The second-order valence-electron chi connectivity index (χ2n) is 2.49. The van der Waals surface area contributed by atoms with Crippen LogP contribution in [0, 0.1) is 0 Å². The van der Waals surface area contributed by atoms with Crippen molar-refractivity contribution in [2.75, 3.05) is 0 Å². The first-order valence-corrected chi connectivity index (χ1v) is 3.59. The second kappa shape index (κ2) is 6.70. The molecular weight excluding hydrogens is 156 g/mol. The summed E-state index contributed by atoms with van der Waals surface area (Å²) in [5.74, 6) is -0.556.